The van der Waals surface area contributed by atoms with Gasteiger partial charge in [-0.1, -0.05) is 189 Å². The van der Waals surface area contributed by atoms with Gasteiger partial charge in [0.25, 0.3) is 0 Å². The van der Waals surface area contributed by atoms with E-state index in [1.54, 1.807) is 0 Å². The summed E-state index contributed by atoms with van der Waals surface area (Å²) in [5.41, 5.74) is 13.2. The third kappa shape index (κ3) is 6.46. The highest BCUT2D eigenvalue weighted by molar-refractivity contribution is 6.15. The molecule has 258 valence electrons. The molecule has 0 N–H and O–H groups in total. The van der Waals surface area contributed by atoms with Crippen molar-refractivity contribution in [3.8, 4) is 44.8 Å². The van der Waals surface area contributed by atoms with Crippen molar-refractivity contribution < 1.29 is 0 Å². The molecule has 1 aliphatic heterocycles. The summed E-state index contributed by atoms with van der Waals surface area (Å²) in [6.07, 6.45) is 0.907. The molecule has 0 saturated carbocycles. The van der Waals surface area contributed by atoms with Crippen LogP contribution in [0.5, 0.6) is 0 Å². The summed E-state index contributed by atoms with van der Waals surface area (Å²) in [5, 5.41) is 2.43. The van der Waals surface area contributed by atoms with Crippen LogP contribution in [0.3, 0.4) is 0 Å². The van der Waals surface area contributed by atoms with E-state index in [9.17, 15) is 0 Å². The highest BCUT2D eigenvalue weighted by atomic mass is 15.0. The Bertz CT molecular complexity index is 2550. The van der Waals surface area contributed by atoms with Gasteiger partial charge in [0.2, 0.25) is 0 Å². The molecule has 7 aromatic carbocycles. The Morgan fingerprint density at radius 1 is 0.444 bits per heavy atom. The molecule has 3 nitrogen and oxygen atoms in total. The first-order valence-corrected chi connectivity index (χ1v) is 18.8. The number of rotatable bonds is 8. The van der Waals surface area contributed by atoms with Crippen LogP contribution in [-0.4, -0.2) is 16.5 Å². The standard InChI is InChI=1S/C51H39N3/c1-2-43-49(40-22-11-5-12-23-40)53-51(41-24-13-6-14-25-41)54-50(43)45-32-31-36-17-15-16-26-44(36)48(45)39-29-27-35(28-30-39)42-33-46(37-18-7-3-8-19-37)52-47(34-42)38-20-9-4-10-21-38/h3-34,43,50H,2H2,1H3. The molecule has 9 rings (SSSR count). The van der Waals surface area contributed by atoms with Crippen molar-refractivity contribution in [3.05, 3.63) is 211 Å². The summed E-state index contributed by atoms with van der Waals surface area (Å²) in [7, 11) is 0. The topological polar surface area (TPSA) is 37.6 Å². The van der Waals surface area contributed by atoms with Crippen molar-refractivity contribution in [1.29, 1.82) is 0 Å². The number of aromatic nitrogens is 1. The molecular weight excluding hydrogens is 655 g/mol. The number of aliphatic imine (C=N–C) groups is 2. The number of amidine groups is 1. The lowest BCUT2D eigenvalue weighted by atomic mass is 9.79. The molecule has 2 heterocycles. The van der Waals surface area contributed by atoms with Crippen molar-refractivity contribution in [1.82, 2.24) is 4.98 Å². The minimum atomic E-state index is -0.126. The van der Waals surface area contributed by atoms with E-state index in [1.165, 1.54) is 27.5 Å². The Morgan fingerprint density at radius 3 is 1.56 bits per heavy atom. The average Bonchev–Trinajstić information content (AvgIpc) is 3.26. The van der Waals surface area contributed by atoms with Crippen molar-refractivity contribution in [3.63, 3.8) is 0 Å². The average molecular weight is 694 g/mol. The molecule has 0 spiro atoms. The highest BCUT2D eigenvalue weighted by Gasteiger charge is 2.33. The van der Waals surface area contributed by atoms with E-state index in [0.717, 1.165) is 62.7 Å². The van der Waals surface area contributed by atoms with Crippen LogP contribution >= 0.6 is 0 Å². The van der Waals surface area contributed by atoms with Crippen LogP contribution in [0.2, 0.25) is 0 Å². The maximum Gasteiger partial charge on any atom is 0.155 e. The van der Waals surface area contributed by atoms with Crippen LogP contribution in [0.1, 0.15) is 36.1 Å². The lowest BCUT2D eigenvalue weighted by Gasteiger charge is -2.31. The third-order valence-electron chi connectivity index (χ3n) is 10.5. The zero-order chi connectivity index (χ0) is 36.3. The molecule has 3 heteroatoms. The summed E-state index contributed by atoms with van der Waals surface area (Å²) in [6, 6.07) is 68.5. The number of hydrogen-bond donors (Lipinski definition) is 0. The normalized spacial score (nSPS) is 15.4. The van der Waals surface area contributed by atoms with E-state index in [-0.39, 0.29) is 12.0 Å². The molecule has 0 bridgehead atoms. The second kappa shape index (κ2) is 14.7. The monoisotopic (exact) mass is 693 g/mol. The molecule has 54 heavy (non-hydrogen) atoms. The summed E-state index contributed by atoms with van der Waals surface area (Å²) < 4.78 is 0. The van der Waals surface area contributed by atoms with Gasteiger partial charge in [-0.05, 0) is 62.7 Å². The second-order valence-electron chi connectivity index (χ2n) is 13.8. The number of hydrogen-bond acceptors (Lipinski definition) is 3. The lowest BCUT2D eigenvalue weighted by molar-refractivity contribution is 0.534. The molecular formula is C51H39N3. The minimum absolute atomic E-state index is 0.101. The first kappa shape index (κ1) is 33.1. The van der Waals surface area contributed by atoms with Crippen molar-refractivity contribution in [2.45, 2.75) is 19.4 Å². The molecule has 2 unspecified atom stereocenters. The molecule has 0 radical (unpaired) electrons. The van der Waals surface area contributed by atoms with Gasteiger partial charge in [0.05, 0.1) is 23.1 Å². The summed E-state index contributed by atoms with van der Waals surface area (Å²) >= 11 is 0. The predicted octanol–water partition coefficient (Wildman–Crippen LogP) is 12.9. The molecule has 1 aliphatic rings. The zero-order valence-corrected chi connectivity index (χ0v) is 30.2. The number of benzene rings is 7. The summed E-state index contributed by atoms with van der Waals surface area (Å²) in [4.78, 5) is 15.9. The first-order valence-electron chi connectivity index (χ1n) is 18.8. The highest BCUT2D eigenvalue weighted by Crippen LogP contribution is 2.44. The molecule has 0 amide bonds. The molecule has 1 aromatic heterocycles. The molecule has 2 atom stereocenters. The summed E-state index contributed by atoms with van der Waals surface area (Å²) in [5.74, 6) is 0.878. The second-order valence-corrected chi connectivity index (χ2v) is 13.8. The fourth-order valence-electron chi connectivity index (χ4n) is 7.81. The minimum Gasteiger partial charge on any atom is -0.257 e. The molecule has 0 saturated heterocycles. The predicted molar refractivity (Wildman–Crippen MR) is 226 cm³/mol. The quantitative estimate of drug-likeness (QED) is 0.156. The lowest BCUT2D eigenvalue weighted by Crippen LogP contribution is -2.28. The van der Waals surface area contributed by atoms with Crippen LogP contribution < -0.4 is 0 Å². The van der Waals surface area contributed by atoms with Gasteiger partial charge in [-0.15, -0.1) is 0 Å². The number of fused-ring (bicyclic) bond motifs is 1. The van der Waals surface area contributed by atoms with Gasteiger partial charge in [0.15, 0.2) is 5.84 Å². The Kier molecular flexibility index (Phi) is 9.04. The largest absolute Gasteiger partial charge is 0.257 e. The Balaban J connectivity index is 1.19. The number of nitrogens with zero attached hydrogens (tertiary/aromatic N) is 3. The van der Waals surface area contributed by atoms with Gasteiger partial charge >= 0.3 is 0 Å². The van der Waals surface area contributed by atoms with Crippen LogP contribution in [0, 0.1) is 5.92 Å². The van der Waals surface area contributed by atoms with Crippen LogP contribution in [0.25, 0.3) is 55.5 Å². The van der Waals surface area contributed by atoms with Gasteiger partial charge in [-0.3, -0.25) is 4.99 Å². The van der Waals surface area contributed by atoms with Crippen LogP contribution in [-0.2, 0) is 0 Å². The Morgan fingerprint density at radius 2 is 0.963 bits per heavy atom. The van der Waals surface area contributed by atoms with Crippen molar-refractivity contribution >= 4 is 22.3 Å². The fraction of sp³-hybridized carbons (Fsp3) is 0.0784. The van der Waals surface area contributed by atoms with Gasteiger partial charge in [0, 0.05) is 22.6 Å². The molecule has 8 aromatic rings. The van der Waals surface area contributed by atoms with Gasteiger partial charge in [0.1, 0.15) is 0 Å². The zero-order valence-electron chi connectivity index (χ0n) is 30.2. The Labute approximate surface area is 317 Å². The van der Waals surface area contributed by atoms with Gasteiger partial charge in [-0.25, -0.2) is 9.98 Å². The van der Waals surface area contributed by atoms with Gasteiger partial charge in [-0.2, -0.15) is 0 Å². The van der Waals surface area contributed by atoms with E-state index >= 15 is 0 Å². The Hall–Kier alpha value is -6.71. The van der Waals surface area contributed by atoms with Crippen molar-refractivity contribution in [2.24, 2.45) is 15.9 Å². The first-order chi connectivity index (χ1) is 26.7. The van der Waals surface area contributed by atoms with E-state index in [1.807, 2.05) is 18.2 Å². The molecule has 0 aliphatic carbocycles. The number of pyridine rings is 1. The third-order valence-corrected chi connectivity index (χ3v) is 10.5. The van der Waals surface area contributed by atoms with Crippen molar-refractivity contribution in [2.75, 3.05) is 0 Å². The van der Waals surface area contributed by atoms with Crippen LogP contribution in [0.4, 0.5) is 0 Å². The maximum absolute atomic E-state index is 5.51. The molecule has 0 fully saturated rings. The van der Waals surface area contributed by atoms with E-state index in [2.05, 4.69) is 183 Å². The fourth-order valence-corrected chi connectivity index (χ4v) is 7.81. The SMILES string of the molecule is CCC1C(c2ccccc2)=NC(c2ccccc2)=NC1c1ccc2ccccc2c1-c1ccc(-c2cc(-c3ccccc3)nc(-c3ccccc3)c2)cc1. The van der Waals surface area contributed by atoms with E-state index in [0.29, 0.717) is 0 Å². The summed E-state index contributed by atoms with van der Waals surface area (Å²) in [6.45, 7) is 2.26. The van der Waals surface area contributed by atoms with Gasteiger partial charge < -0.3 is 0 Å². The van der Waals surface area contributed by atoms with E-state index < -0.39 is 0 Å². The smallest absolute Gasteiger partial charge is 0.155 e. The van der Waals surface area contributed by atoms with Crippen LogP contribution in [0.15, 0.2) is 204 Å². The van der Waals surface area contributed by atoms with E-state index in [4.69, 9.17) is 15.0 Å². The maximum atomic E-state index is 5.51.